The molecule has 0 atom stereocenters. The average Bonchev–Trinajstić information content (AvgIpc) is 2.75. The summed E-state index contributed by atoms with van der Waals surface area (Å²) in [7, 11) is 0. The monoisotopic (exact) mass is 244 g/mol. The Bertz CT molecular complexity index is 673. The minimum Gasteiger partial charge on any atom is -0.504 e. The standard InChI is InChI=1S/C13H9ClN2O/c14-10-5-3-9(4-6-10)11-8-15-13-12(17)2-1-7-16(11)13/h1-8,17H. The fourth-order valence-electron chi connectivity index (χ4n) is 1.83. The van der Waals surface area contributed by atoms with Crippen molar-refractivity contribution in [1.29, 1.82) is 0 Å². The van der Waals surface area contributed by atoms with Crippen molar-refractivity contribution in [2.24, 2.45) is 0 Å². The van der Waals surface area contributed by atoms with Crippen LogP contribution in [-0.2, 0) is 0 Å². The van der Waals surface area contributed by atoms with Crippen LogP contribution in [0.3, 0.4) is 0 Å². The molecule has 3 nitrogen and oxygen atoms in total. The molecular formula is C13H9ClN2O. The maximum Gasteiger partial charge on any atom is 0.179 e. The van der Waals surface area contributed by atoms with Gasteiger partial charge in [-0.25, -0.2) is 4.98 Å². The van der Waals surface area contributed by atoms with E-state index in [4.69, 9.17) is 11.6 Å². The summed E-state index contributed by atoms with van der Waals surface area (Å²) in [5.41, 5.74) is 2.48. The molecule has 0 fully saturated rings. The Hall–Kier alpha value is -2.00. The molecule has 2 heterocycles. The highest BCUT2D eigenvalue weighted by Gasteiger charge is 2.07. The van der Waals surface area contributed by atoms with Crippen molar-refractivity contribution in [3.8, 4) is 17.0 Å². The second-order valence-electron chi connectivity index (χ2n) is 3.74. The summed E-state index contributed by atoms with van der Waals surface area (Å²) in [5, 5.41) is 10.4. The van der Waals surface area contributed by atoms with Gasteiger partial charge in [-0.2, -0.15) is 0 Å². The van der Waals surface area contributed by atoms with E-state index in [1.807, 2.05) is 34.9 Å². The van der Waals surface area contributed by atoms with E-state index in [0.717, 1.165) is 11.3 Å². The molecule has 17 heavy (non-hydrogen) atoms. The Morgan fingerprint density at radius 2 is 1.88 bits per heavy atom. The SMILES string of the molecule is Oc1cccn2c(-c3ccc(Cl)cc3)cnc12. The van der Waals surface area contributed by atoms with Gasteiger partial charge in [0.2, 0.25) is 0 Å². The molecule has 4 heteroatoms. The molecule has 0 aliphatic rings. The normalized spacial score (nSPS) is 10.9. The first kappa shape index (κ1) is 10.2. The predicted octanol–water partition coefficient (Wildman–Crippen LogP) is 3.36. The summed E-state index contributed by atoms with van der Waals surface area (Å²) in [6.45, 7) is 0. The van der Waals surface area contributed by atoms with Crippen LogP contribution in [0.5, 0.6) is 5.75 Å². The summed E-state index contributed by atoms with van der Waals surface area (Å²) in [6, 6.07) is 10.9. The Balaban J connectivity index is 2.24. The van der Waals surface area contributed by atoms with Crippen LogP contribution >= 0.6 is 11.6 Å². The highest BCUT2D eigenvalue weighted by atomic mass is 35.5. The Kier molecular flexibility index (Phi) is 2.27. The number of rotatable bonds is 1. The number of hydrogen-bond donors (Lipinski definition) is 1. The van der Waals surface area contributed by atoms with Gasteiger partial charge in [-0.15, -0.1) is 0 Å². The fraction of sp³-hybridized carbons (Fsp3) is 0. The third kappa shape index (κ3) is 1.65. The molecule has 0 aliphatic carbocycles. The zero-order valence-electron chi connectivity index (χ0n) is 8.84. The van der Waals surface area contributed by atoms with Gasteiger partial charge in [0.25, 0.3) is 0 Å². The zero-order chi connectivity index (χ0) is 11.8. The van der Waals surface area contributed by atoms with E-state index in [1.54, 1.807) is 18.3 Å². The van der Waals surface area contributed by atoms with Crippen LogP contribution < -0.4 is 0 Å². The number of pyridine rings is 1. The number of benzene rings is 1. The Morgan fingerprint density at radius 1 is 1.12 bits per heavy atom. The van der Waals surface area contributed by atoms with Crippen molar-refractivity contribution in [3.05, 3.63) is 53.8 Å². The van der Waals surface area contributed by atoms with Crippen molar-refractivity contribution < 1.29 is 5.11 Å². The van der Waals surface area contributed by atoms with Crippen molar-refractivity contribution in [2.75, 3.05) is 0 Å². The van der Waals surface area contributed by atoms with Gasteiger partial charge in [-0.3, -0.25) is 4.40 Å². The first-order valence-electron chi connectivity index (χ1n) is 5.17. The lowest BCUT2D eigenvalue weighted by Gasteiger charge is -2.02. The summed E-state index contributed by atoms with van der Waals surface area (Å²) >= 11 is 5.85. The summed E-state index contributed by atoms with van der Waals surface area (Å²) in [4.78, 5) is 4.20. The number of hydrogen-bond acceptors (Lipinski definition) is 2. The first-order chi connectivity index (χ1) is 8.25. The predicted molar refractivity (Wildman–Crippen MR) is 67.3 cm³/mol. The van der Waals surface area contributed by atoms with Gasteiger partial charge < -0.3 is 5.11 Å². The number of aromatic hydroxyl groups is 1. The van der Waals surface area contributed by atoms with Gasteiger partial charge in [0, 0.05) is 16.8 Å². The van der Waals surface area contributed by atoms with E-state index in [1.165, 1.54) is 0 Å². The highest BCUT2D eigenvalue weighted by molar-refractivity contribution is 6.30. The van der Waals surface area contributed by atoms with Crippen LogP contribution in [-0.4, -0.2) is 14.5 Å². The molecule has 0 bridgehead atoms. The van der Waals surface area contributed by atoms with Crippen LogP contribution in [0.15, 0.2) is 48.8 Å². The van der Waals surface area contributed by atoms with Gasteiger partial charge in [0.1, 0.15) is 0 Å². The topological polar surface area (TPSA) is 37.5 Å². The van der Waals surface area contributed by atoms with E-state index in [9.17, 15) is 5.11 Å². The van der Waals surface area contributed by atoms with E-state index in [-0.39, 0.29) is 5.75 Å². The average molecular weight is 245 g/mol. The molecule has 1 N–H and O–H groups in total. The second kappa shape index (κ2) is 3.79. The number of aromatic nitrogens is 2. The quantitative estimate of drug-likeness (QED) is 0.713. The van der Waals surface area contributed by atoms with Crippen molar-refractivity contribution >= 4 is 17.2 Å². The maximum absolute atomic E-state index is 9.67. The number of nitrogens with zero attached hydrogens (tertiary/aromatic N) is 2. The molecule has 0 saturated heterocycles. The summed E-state index contributed by atoms with van der Waals surface area (Å²) in [6.07, 6.45) is 3.60. The second-order valence-corrected chi connectivity index (χ2v) is 4.17. The molecule has 84 valence electrons. The third-order valence-corrected chi connectivity index (χ3v) is 2.91. The molecule has 0 saturated carbocycles. The van der Waals surface area contributed by atoms with Gasteiger partial charge in [0.15, 0.2) is 11.4 Å². The molecule has 2 aromatic heterocycles. The van der Waals surface area contributed by atoms with Gasteiger partial charge in [0.05, 0.1) is 11.9 Å². The molecule has 0 aliphatic heterocycles. The summed E-state index contributed by atoms with van der Waals surface area (Å²) in [5.74, 6) is 0.174. The van der Waals surface area contributed by atoms with Crippen LogP contribution in [0.25, 0.3) is 16.9 Å². The minimum atomic E-state index is 0.174. The largest absolute Gasteiger partial charge is 0.504 e. The Morgan fingerprint density at radius 3 is 2.65 bits per heavy atom. The number of fused-ring (bicyclic) bond motifs is 1. The van der Waals surface area contributed by atoms with Crippen molar-refractivity contribution in [1.82, 2.24) is 9.38 Å². The molecule has 0 radical (unpaired) electrons. The van der Waals surface area contributed by atoms with E-state index >= 15 is 0 Å². The third-order valence-electron chi connectivity index (χ3n) is 2.66. The van der Waals surface area contributed by atoms with Gasteiger partial charge in [-0.05, 0) is 24.3 Å². The zero-order valence-corrected chi connectivity index (χ0v) is 9.59. The first-order valence-corrected chi connectivity index (χ1v) is 5.54. The molecule has 0 amide bonds. The van der Waals surface area contributed by atoms with Crippen molar-refractivity contribution in [2.45, 2.75) is 0 Å². The van der Waals surface area contributed by atoms with Crippen molar-refractivity contribution in [3.63, 3.8) is 0 Å². The lowest BCUT2D eigenvalue weighted by molar-refractivity contribution is 0.477. The molecule has 0 spiro atoms. The van der Waals surface area contributed by atoms with Crippen LogP contribution in [0.1, 0.15) is 0 Å². The molecule has 3 rings (SSSR count). The number of halogens is 1. The minimum absolute atomic E-state index is 0.174. The fourth-order valence-corrected chi connectivity index (χ4v) is 1.96. The van der Waals surface area contributed by atoms with Crippen LogP contribution in [0.2, 0.25) is 5.02 Å². The number of imidazole rings is 1. The maximum atomic E-state index is 9.67. The van der Waals surface area contributed by atoms with Crippen LogP contribution in [0, 0.1) is 0 Å². The van der Waals surface area contributed by atoms with Gasteiger partial charge >= 0.3 is 0 Å². The lowest BCUT2D eigenvalue weighted by Crippen LogP contribution is -1.87. The summed E-state index contributed by atoms with van der Waals surface area (Å²) < 4.78 is 1.85. The molecule has 1 aromatic carbocycles. The highest BCUT2D eigenvalue weighted by Crippen LogP contribution is 2.25. The van der Waals surface area contributed by atoms with E-state index in [0.29, 0.717) is 10.7 Å². The molecular weight excluding hydrogens is 236 g/mol. The van der Waals surface area contributed by atoms with Crippen LogP contribution in [0.4, 0.5) is 0 Å². The Labute approximate surface area is 103 Å². The lowest BCUT2D eigenvalue weighted by atomic mass is 10.2. The van der Waals surface area contributed by atoms with Gasteiger partial charge in [-0.1, -0.05) is 23.7 Å². The molecule has 0 unspecified atom stereocenters. The molecule has 3 aromatic rings. The van der Waals surface area contributed by atoms with E-state index < -0.39 is 0 Å². The smallest absolute Gasteiger partial charge is 0.179 e. The van der Waals surface area contributed by atoms with E-state index in [2.05, 4.69) is 4.98 Å².